The molecule has 0 saturated carbocycles. The average molecular weight is 385 g/mol. The number of carbonyl (C=O) groups is 3. The van der Waals surface area contributed by atoms with Crippen molar-refractivity contribution in [1.29, 1.82) is 0 Å². The Balaban J connectivity index is 2.77. The second kappa shape index (κ2) is 8.87. The van der Waals surface area contributed by atoms with Crippen molar-refractivity contribution in [3.05, 3.63) is 51.9 Å². The van der Waals surface area contributed by atoms with Gasteiger partial charge in [-0.05, 0) is 64.8 Å². The largest absolute Gasteiger partial charge is 0.463 e. The molecule has 1 aromatic rings. The number of anilines is 1. The molecule has 0 fully saturated rings. The van der Waals surface area contributed by atoms with E-state index in [9.17, 15) is 14.4 Å². The molecule has 0 saturated heterocycles. The molecule has 150 valence electrons. The zero-order valence-electron chi connectivity index (χ0n) is 17.3. The summed E-state index contributed by atoms with van der Waals surface area (Å²) in [4.78, 5) is 39.4. The van der Waals surface area contributed by atoms with Crippen LogP contribution in [-0.2, 0) is 23.9 Å². The molecule has 1 aliphatic heterocycles. The number of nitrogens with zero attached hydrogens (tertiary/aromatic N) is 1. The molecular weight excluding hydrogens is 358 g/mol. The van der Waals surface area contributed by atoms with E-state index in [2.05, 4.69) is 0 Å². The van der Waals surface area contributed by atoms with Gasteiger partial charge in [-0.2, -0.15) is 0 Å². The van der Waals surface area contributed by atoms with Crippen LogP contribution < -0.4 is 4.90 Å². The predicted octanol–water partition coefficient (Wildman–Crippen LogP) is 3.76. The number of ketones is 1. The van der Waals surface area contributed by atoms with Crippen molar-refractivity contribution in [2.45, 2.75) is 48.0 Å². The van der Waals surface area contributed by atoms with E-state index in [1.807, 2.05) is 32.0 Å². The Morgan fingerprint density at radius 2 is 1.54 bits per heavy atom. The maximum Gasteiger partial charge on any atom is 0.355 e. The molecule has 28 heavy (non-hydrogen) atoms. The van der Waals surface area contributed by atoms with Gasteiger partial charge >= 0.3 is 11.9 Å². The molecule has 0 spiro atoms. The molecule has 1 aromatic carbocycles. The van der Waals surface area contributed by atoms with Crippen molar-refractivity contribution in [2.24, 2.45) is 0 Å². The second-order valence-electron chi connectivity index (χ2n) is 6.67. The summed E-state index contributed by atoms with van der Waals surface area (Å²) in [6.45, 7) is 10.9. The molecule has 1 heterocycles. The molecule has 0 radical (unpaired) electrons. The molecule has 0 aliphatic carbocycles. The third kappa shape index (κ3) is 4.16. The summed E-state index contributed by atoms with van der Waals surface area (Å²) in [7, 11) is 0. The number of aryl methyl sites for hydroxylation is 2. The van der Waals surface area contributed by atoms with Crippen molar-refractivity contribution >= 4 is 23.4 Å². The number of hydrogen-bond acceptors (Lipinski definition) is 6. The third-order valence-corrected chi connectivity index (χ3v) is 4.80. The summed E-state index contributed by atoms with van der Waals surface area (Å²) in [6.07, 6.45) is 0.0372. The van der Waals surface area contributed by atoms with Gasteiger partial charge in [0.05, 0.1) is 18.8 Å². The van der Waals surface area contributed by atoms with Gasteiger partial charge in [0.1, 0.15) is 5.70 Å². The zero-order chi connectivity index (χ0) is 21.0. The maximum absolute atomic E-state index is 12.8. The number of carbonyl (C=O) groups excluding carboxylic acids is 3. The number of ether oxygens (including phenoxy) is 2. The first-order chi connectivity index (χ1) is 13.2. The third-order valence-electron chi connectivity index (χ3n) is 4.80. The Hall–Kier alpha value is -2.89. The highest BCUT2D eigenvalue weighted by Crippen LogP contribution is 2.37. The van der Waals surface area contributed by atoms with Gasteiger partial charge in [0.2, 0.25) is 0 Å². The fourth-order valence-electron chi connectivity index (χ4n) is 3.19. The number of hydrogen-bond donors (Lipinski definition) is 0. The summed E-state index contributed by atoms with van der Waals surface area (Å²) >= 11 is 0. The van der Waals surface area contributed by atoms with Crippen LogP contribution in [0.25, 0.3) is 0 Å². The second-order valence-corrected chi connectivity index (χ2v) is 6.67. The fraction of sp³-hybridized carbons (Fsp3) is 0.409. The van der Waals surface area contributed by atoms with Crippen molar-refractivity contribution in [3.63, 3.8) is 0 Å². The van der Waals surface area contributed by atoms with Crippen molar-refractivity contribution in [3.8, 4) is 0 Å². The minimum Gasteiger partial charge on any atom is -0.463 e. The summed E-state index contributed by atoms with van der Waals surface area (Å²) < 4.78 is 10.4. The highest BCUT2D eigenvalue weighted by Gasteiger charge is 2.36. The molecule has 2 rings (SSSR count). The Morgan fingerprint density at radius 3 is 2.07 bits per heavy atom. The molecule has 6 nitrogen and oxygen atoms in total. The summed E-state index contributed by atoms with van der Waals surface area (Å²) in [5.41, 5.74) is 4.12. The lowest BCUT2D eigenvalue weighted by Crippen LogP contribution is -2.35. The van der Waals surface area contributed by atoms with E-state index in [1.165, 1.54) is 6.92 Å². The van der Waals surface area contributed by atoms with Crippen LogP contribution in [0, 0.1) is 13.8 Å². The van der Waals surface area contributed by atoms with Crippen molar-refractivity contribution in [2.75, 3.05) is 18.1 Å². The summed E-state index contributed by atoms with van der Waals surface area (Å²) in [5.74, 6) is -1.40. The average Bonchev–Trinajstić information content (AvgIpc) is 2.63. The molecule has 0 N–H and O–H groups in total. The highest BCUT2D eigenvalue weighted by atomic mass is 16.5. The van der Waals surface area contributed by atoms with Gasteiger partial charge < -0.3 is 14.4 Å². The SMILES string of the molecule is CCOC(=O)C1=C(C(=O)OCC)N(c2ccc(C)c(C)c2)C(C)=C(C(C)=O)C1. The molecule has 0 amide bonds. The number of allylic oxidation sites excluding steroid dienone is 2. The monoisotopic (exact) mass is 385 g/mol. The smallest absolute Gasteiger partial charge is 0.355 e. The number of rotatable bonds is 6. The molecule has 0 bridgehead atoms. The van der Waals surface area contributed by atoms with Gasteiger partial charge in [0.15, 0.2) is 5.78 Å². The lowest BCUT2D eigenvalue weighted by molar-refractivity contribution is -0.142. The van der Waals surface area contributed by atoms with Gasteiger partial charge in [0, 0.05) is 23.4 Å². The minimum absolute atomic E-state index is 0.0372. The van der Waals surface area contributed by atoms with E-state index in [1.54, 1.807) is 25.7 Å². The first-order valence-corrected chi connectivity index (χ1v) is 9.38. The molecule has 0 unspecified atom stereocenters. The minimum atomic E-state index is -0.620. The molecule has 1 aliphatic rings. The fourth-order valence-corrected chi connectivity index (χ4v) is 3.19. The first-order valence-electron chi connectivity index (χ1n) is 9.38. The Morgan fingerprint density at radius 1 is 0.929 bits per heavy atom. The van der Waals surface area contributed by atoms with Crippen LogP contribution >= 0.6 is 0 Å². The highest BCUT2D eigenvalue weighted by molar-refractivity contribution is 6.08. The predicted molar refractivity (Wildman–Crippen MR) is 107 cm³/mol. The van der Waals surface area contributed by atoms with Gasteiger partial charge in [0.25, 0.3) is 0 Å². The van der Waals surface area contributed by atoms with E-state index in [0.717, 1.165) is 11.1 Å². The molecule has 6 heteroatoms. The van der Waals surface area contributed by atoms with Gasteiger partial charge in [-0.25, -0.2) is 9.59 Å². The van der Waals surface area contributed by atoms with Gasteiger partial charge in [-0.1, -0.05) is 6.07 Å². The molecule has 0 atom stereocenters. The Labute approximate surface area is 165 Å². The Kier molecular flexibility index (Phi) is 6.78. The van der Waals surface area contributed by atoms with Crippen LogP contribution in [0.15, 0.2) is 40.7 Å². The van der Waals surface area contributed by atoms with E-state index < -0.39 is 11.9 Å². The lowest BCUT2D eigenvalue weighted by Gasteiger charge is -2.34. The van der Waals surface area contributed by atoms with Crippen LogP contribution in [0.2, 0.25) is 0 Å². The van der Waals surface area contributed by atoms with Crippen LogP contribution in [0.3, 0.4) is 0 Å². The van der Waals surface area contributed by atoms with E-state index in [0.29, 0.717) is 17.0 Å². The summed E-state index contributed by atoms with van der Waals surface area (Å²) in [6, 6.07) is 5.72. The van der Waals surface area contributed by atoms with Crippen molar-refractivity contribution in [1.82, 2.24) is 0 Å². The molecule has 0 aromatic heterocycles. The number of esters is 2. The van der Waals surface area contributed by atoms with Gasteiger partial charge in [-0.3, -0.25) is 4.79 Å². The Bertz CT molecular complexity index is 879. The van der Waals surface area contributed by atoms with E-state index >= 15 is 0 Å². The maximum atomic E-state index is 12.8. The van der Waals surface area contributed by atoms with E-state index in [4.69, 9.17) is 9.47 Å². The number of Topliss-reactive ketones (excluding diaryl/α,β-unsaturated/α-hetero) is 1. The van der Waals surface area contributed by atoms with Crippen LogP contribution in [0.4, 0.5) is 5.69 Å². The quantitative estimate of drug-likeness (QED) is 0.695. The van der Waals surface area contributed by atoms with Crippen LogP contribution in [0.1, 0.15) is 45.2 Å². The van der Waals surface area contributed by atoms with E-state index in [-0.39, 0.29) is 36.7 Å². The lowest BCUT2D eigenvalue weighted by atomic mass is 9.92. The van der Waals surface area contributed by atoms with Crippen LogP contribution in [0.5, 0.6) is 0 Å². The van der Waals surface area contributed by atoms with Crippen LogP contribution in [-0.4, -0.2) is 30.9 Å². The topological polar surface area (TPSA) is 72.9 Å². The standard InChI is InChI=1S/C22H27NO5/c1-7-27-21(25)19-12-18(16(6)24)15(5)23(20(19)22(26)28-8-2)17-10-9-13(3)14(4)11-17/h9-11H,7-8,12H2,1-6H3. The van der Waals surface area contributed by atoms with Crippen molar-refractivity contribution < 1.29 is 23.9 Å². The first kappa shape index (κ1) is 21.4. The normalized spacial score (nSPS) is 14.3. The number of benzene rings is 1. The summed E-state index contributed by atoms with van der Waals surface area (Å²) in [5, 5.41) is 0. The van der Waals surface area contributed by atoms with Gasteiger partial charge in [-0.15, -0.1) is 0 Å². The molecular formula is C22H27NO5. The zero-order valence-corrected chi connectivity index (χ0v) is 17.3.